The third-order valence-corrected chi connectivity index (χ3v) is 5.74. The smallest absolute Gasteiger partial charge is 0.212 e. The van der Waals surface area contributed by atoms with E-state index in [4.69, 9.17) is 11.6 Å². The van der Waals surface area contributed by atoms with E-state index in [-0.39, 0.29) is 11.8 Å². The average Bonchev–Trinajstić information content (AvgIpc) is 2.42. The summed E-state index contributed by atoms with van der Waals surface area (Å²) in [7, 11) is -3.29. The van der Waals surface area contributed by atoms with Gasteiger partial charge in [0.05, 0.1) is 5.75 Å². The molecule has 1 rings (SSSR count). The highest BCUT2D eigenvalue weighted by Gasteiger charge is 2.24. The molecular weight excluding hydrogens is 306 g/mol. The van der Waals surface area contributed by atoms with Crippen LogP contribution in [0.4, 0.5) is 0 Å². The zero-order chi connectivity index (χ0) is 15.9. The first kappa shape index (κ1) is 18.5. The highest BCUT2D eigenvalue weighted by molar-refractivity contribution is 7.88. The average molecular weight is 332 g/mol. The second-order valence-corrected chi connectivity index (χ2v) is 7.81. The van der Waals surface area contributed by atoms with E-state index >= 15 is 0 Å². The summed E-state index contributed by atoms with van der Waals surface area (Å²) in [5.41, 5.74) is 1.75. The van der Waals surface area contributed by atoms with Gasteiger partial charge in [-0.3, -0.25) is 0 Å². The maximum Gasteiger partial charge on any atom is 0.218 e. The van der Waals surface area contributed by atoms with Crippen molar-refractivity contribution >= 4 is 21.6 Å². The molecular formula is C16H26ClNO2S. The van der Waals surface area contributed by atoms with Crippen LogP contribution in [0, 0.1) is 0 Å². The number of alkyl halides is 1. The van der Waals surface area contributed by atoms with E-state index in [2.05, 4.69) is 6.92 Å². The van der Waals surface area contributed by atoms with Gasteiger partial charge in [-0.05, 0) is 31.4 Å². The fourth-order valence-electron chi connectivity index (χ4n) is 2.33. The number of unbranched alkanes of at least 4 members (excludes halogenated alkanes) is 2. The van der Waals surface area contributed by atoms with E-state index in [1.807, 2.05) is 38.1 Å². The number of sulfonamides is 1. The summed E-state index contributed by atoms with van der Waals surface area (Å²) in [6.45, 7) is 6.58. The van der Waals surface area contributed by atoms with Crippen molar-refractivity contribution in [2.45, 2.75) is 57.7 Å². The zero-order valence-electron chi connectivity index (χ0n) is 13.2. The molecule has 120 valence electrons. The van der Waals surface area contributed by atoms with Crippen molar-refractivity contribution in [1.82, 2.24) is 4.31 Å². The lowest BCUT2D eigenvalue weighted by atomic mass is 10.2. The maximum atomic E-state index is 12.6. The number of hydrogen-bond acceptors (Lipinski definition) is 2. The van der Waals surface area contributed by atoms with E-state index in [1.165, 1.54) is 0 Å². The molecule has 3 nitrogen and oxygen atoms in total. The van der Waals surface area contributed by atoms with Crippen molar-refractivity contribution in [2.75, 3.05) is 6.54 Å². The van der Waals surface area contributed by atoms with Crippen molar-refractivity contribution in [2.24, 2.45) is 0 Å². The fourth-order valence-corrected chi connectivity index (χ4v) is 4.31. The van der Waals surface area contributed by atoms with Crippen LogP contribution in [-0.4, -0.2) is 25.3 Å². The molecule has 21 heavy (non-hydrogen) atoms. The van der Waals surface area contributed by atoms with Crippen LogP contribution in [0.15, 0.2) is 24.3 Å². The van der Waals surface area contributed by atoms with E-state index in [1.54, 1.807) is 4.31 Å². The van der Waals surface area contributed by atoms with Crippen LogP contribution in [-0.2, 0) is 21.7 Å². The molecule has 0 aliphatic heterocycles. The molecule has 0 amide bonds. The minimum Gasteiger partial charge on any atom is -0.212 e. The predicted octanol–water partition coefficient (Wildman–Crippen LogP) is 4.16. The van der Waals surface area contributed by atoms with Crippen molar-refractivity contribution in [3.8, 4) is 0 Å². The summed E-state index contributed by atoms with van der Waals surface area (Å²) in [5, 5.41) is 0. The molecule has 0 spiro atoms. The molecule has 0 bridgehead atoms. The molecule has 0 radical (unpaired) electrons. The minimum absolute atomic E-state index is 0.0111. The number of nitrogens with zero attached hydrogens (tertiary/aromatic N) is 1. The van der Waals surface area contributed by atoms with Gasteiger partial charge < -0.3 is 0 Å². The van der Waals surface area contributed by atoms with Crippen LogP contribution >= 0.6 is 11.6 Å². The topological polar surface area (TPSA) is 37.4 Å². The molecule has 1 aromatic carbocycles. The van der Waals surface area contributed by atoms with E-state index < -0.39 is 10.0 Å². The van der Waals surface area contributed by atoms with Gasteiger partial charge in [-0.25, -0.2) is 8.42 Å². The number of benzene rings is 1. The molecule has 0 unspecified atom stereocenters. The van der Waals surface area contributed by atoms with Gasteiger partial charge in [-0.2, -0.15) is 4.31 Å². The second kappa shape index (κ2) is 8.76. The van der Waals surface area contributed by atoms with Crippen LogP contribution in [0.3, 0.4) is 0 Å². The lowest BCUT2D eigenvalue weighted by Crippen LogP contribution is -2.38. The Morgan fingerprint density at radius 2 is 1.86 bits per heavy atom. The normalized spacial score (nSPS) is 12.3. The van der Waals surface area contributed by atoms with Gasteiger partial charge in [0.25, 0.3) is 0 Å². The quantitative estimate of drug-likeness (QED) is 0.503. The Kier molecular flexibility index (Phi) is 7.71. The van der Waals surface area contributed by atoms with Crippen LogP contribution in [0.25, 0.3) is 0 Å². The molecule has 0 aliphatic carbocycles. The largest absolute Gasteiger partial charge is 0.218 e. The summed E-state index contributed by atoms with van der Waals surface area (Å²) in [6, 6.07) is 7.47. The van der Waals surface area contributed by atoms with Crippen molar-refractivity contribution in [3.63, 3.8) is 0 Å². The standard InChI is InChI=1S/C16H26ClNO2S/c1-4-5-6-10-18(14(2)3)21(19,20)13-16-9-7-8-15(11-16)12-17/h7-9,11,14H,4-6,10,12-13H2,1-3H3. The predicted molar refractivity (Wildman–Crippen MR) is 90.0 cm³/mol. The molecule has 1 aromatic rings. The molecule has 0 N–H and O–H groups in total. The van der Waals surface area contributed by atoms with Crippen molar-refractivity contribution in [3.05, 3.63) is 35.4 Å². The van der Waals surface area contributed by atoms with Gasteiger partial charge in [0.15, 0.2) is 0 Å². The van der Waals surface area contributed by atoms with Crippen molar-refractivity contribution in [1.29, 1.82) is 0 Å². The minimum atomic E-state index is -3.29. The summed E-state index contributed by atoms with van der Waals surface area (Å²) in [6.07, 6.45) is 3.06. The highest BCUT2D eigenvalue weighted by atomic mass is 35.5. The fraction of sp³-hybridized carbons (Fsp3) is 0.625. The second-order valence-electron chi connectivity index (χ2n) is 5.62. The maximum absolute atomic E-state index is 12.6. The van der Waals surface area contributed by atoms with Gasteiger partial charge in [0, 0.05) is 18.5 Å². The number of rotatable bonds is 9. The molecule has 0 saturated heterocycles. The Hall–Kier alpha value is -0.580. The van der Waals surface area contributed by atoms with Gasteiger partial charge in [0.1, 0.15) is 0 Å². The van der Waals surface area contributed by atoms with Gasteiger partial charge >= 0.3 is 0 Å². The monoisotopic (exact) mass is 331 g/mol. The van der Waals surface area contributed by atoms with Crippen molar-refractivity contribution < 1.29 is 8.42 Å². The third kappa shape index (κ3) is 5.97. The molecule has 0 fully saturated rings. The number of hydrogen-bond donors (Lipinski definition) is 0. The SMILES string of the molecule is CCCCCN(C(C)C)S(=O)(=O)Cc1cccc(CCl)c1. The van der Waals surface area contributed by atoms with Gasteiger partial charge in [0.2, 0.25) is 10.0 Å². The summed E-state index contributed by atoms with van der Waals surface area (Å²) in [5.74, 6) is 0.445. The molecule has 0 saturated carbocycles. The Bertz CT molecular complexity index is 529. The first-order valence-electron chi connectivity index (χ1n) is 7.54. The van der Waals surface area contributed by atoms with Crippen LogP contribution in [0.2, 0.25) is 0 Å². The molecule has 0 aliphatic rings. The zero-order valence-corrected chi connectivity index (χ0v) is 14.8. The molecule has 0 aromatic heterocycles. The Balaban J connectivity index is 2.84. The Morgan fingerprint density at radius 1 is 1.19 bits per heavy atom. The molecule has 0 atom stereocenters. The lowest BCUT2D eigenvalue weighted by molar-refractivity contribution is 0.345. The summed E-state index contributed by atoms with van der Waals surface area (Å²) in [4.78, 5) is 0. The van der Waals surface area contributed by atoms with E-state index in [0.717, 1.165) is 30.4 Å². The van der Waals surface area contributed by atoms with Gasteiger partial charge in [-0.1, -0.05) is 44.0 Å². The molecule has 0 heterocycles. The molecule has 5 heteroatoms. The third-order valence-electron chi connectivity index (χ3n) is 3.41. The van der Waals surface area contributed by atoms with Crippen LogP contribution in [0.1, 0.15) is 51.2 Å². The van der Waals surface area contributed by atoms with Gasteiger partial charge in [-0.15, -0.1) is 11.6 Å². The highest BCUT2D eigenvalue weighted by Crippen LogP contribution is 2.17. The van der Waals surface area contributed by atoms with Crippen LogP contribution in [0.5, 0.6) is 0 Å². The Morgan fingerprint density at radius 3 is 2.43 bits per heavy atom. The van der Waals surface area contributed by atoms with E-state index in [0.29, 0.717) is 12.4 Å². The van der Waals surface area contributed by atoms with E-state index in [9.17, 15) is 8.42 Å². The summed E-state index contributed by atoms with van der Waals surface area (Å²) >= 11 is 5.81. The summed E-state index contributed by atoms with van der Waals surface area (Å²) < 4.78 is 26.9. The lowest BCUT2D eigenvalue weighted by Gasteiger charge is -2.26. The van der Waals surface area contributed by atoms with Crippen LogP contribution < -0.4 is 0 Å². The Labute approximate surface area is 134 Å². The first-order valence-corrected chi connectivity index (χ1v) is 9.68. The first-order chi connectivity index (χ1) is 9.90. The number of halogens is 1.